The van der Waals surface area contributed by atoms with E-state index in [-0.39, 0.29) is 16.8 Å². The topological polar surface area (TPSA) is 81.5 Å². The van der Waals surface area contributed by atoms with Gasteiger partial charge in [-0.2, -0.15) is 17.6 Å². The Balaban J connectivity index is 1.52. The number of benzene rings is 2. The van der Waals surface area contributed by atoms with Gasteiger partial charge in [-0.1, -0.05) is 24.3 Å². The summed E-state index contributed by atoms with van der Waals surface area (Å²) >= 11 is 0. The van der Waals surface area contributed by atoms with Crippen LogP contribution < -0.4 is 0 Å². The van der Waals surface area contributed by atoms with Crippen molar-refractivity contribution < 1.29 is 18.0 Å². The third kappa shape index (κ3) is 3.65. The largest absolute Gasteiger partial charge is 0.367 e. The fourth-order valence-electron chi connectivity index (χ4n) is 3.14. The lowest BCUT2D eigenvalue weighted by Crippen LogP contribution is -2.47. The summed E-state index contributed by atoms with van der Waals surface area (Å²) < 4.78 is 26.8. The Hall–Kier alpha value is -2.71. The zero-order valence-corrected chi connectivity index (χ0v) is 17.4. The van der Waals surface area contributed by atoms with E-state index in [1.165, 1.54) is 0 Å². The van der Waals surface area contributed by atoms with Crippen molar-refractivity contribution in [1.29, 1.82) is 0 Å². The highest BCUT2D eigenvalue weighted by Crippen LogP contribution is 2.31. The molecular weight excluding hydrogens is 390 g/mol. The molecule has 4 rings (SSSR count). The van der Waals surface area contributed by atoms with E-state index in [0.717, 1.165) is 15.0 Å². The molecule has 3 aromatic rings. The Morgan fingerprint density at radius 3 is 2.45 bits per heavy atom. The molecule has 1 saturated heterocycles. The van der Waals surface area contributed by atoms with E-state index in [4.69, 9.17) is 4.84 Å². The molecule has 1 aliphatic rings. The van der Waals surface area contributed by atoms with E-state index in [1.807, 2.05) is 32.9 Å². The molecule has 152 valence electrons. The number of carbonyl (C=O) groups is 1. The van der Waals surface area contributed by atoms with Crippen LogP contribution in [0, 0.1) is 5.41 Å². The summed E-state index contributed by atoms with van der Waals surface area (Å²) in [6.07, 6.45) is 1.56. The quantitative estimate of drug-likeness (QED) is 0.653. The van der Waals surface area contributed by atoms with Crippen LogP contribution >= 0.6 is 0 Å². The van der Waals surface area contributed by atoms with Gasteiger partial charge < -0.3 is 4.84 Å². The Morgan fingerprint density at radius 1 is 1.10 bits per heavy atom. The van der Waals surface area contributed by atoms with Gasteiger partial charge in [-0.05, 0) is 50.6 Å². The second-order valence-corrected chi connectivity index (χ2v) is 10.1. The van der Waals surface area contributed by atoms with Gasteiger partial charge in [0.2, 0.25) is 0 Å². The zero-order valence-electron chi connectivity index (χ0n) is 16.6. The molecule has 0 radical (unpaired) electrons. The lowest BCUT2D eigenvalue weighted by Gasteiger charge is -2.38. The molecule has 0 N–H and O–H groups in total. The first-order valence-corrected chi connectivity index (χ1v) is 10.9. The monoisotopic (exact) mass is 413 g/mol. The van der Waals surface area contributed by atoms with Crippen molar-refractivity contribution >= 4 is 26.9 Å². The molecule has 1 aliphatic heterocycles. The van der Waals surface area contributed by atoms with Gasteiger partial charge in [0.25, 0.3) is 10.0 Å². The highest BCUT2D eigenvalue weighted by Gasteiger charge is 2.34. The van der Waals surface area contributed by atoms with Gasteiger partial charge in [-0.15, -0.1) is 5.06 Å². The lowest BCUT2D eigenvalue weighted by molar-refractivity contribution is -0.220. The molecule has 2 aromatic carbocycles. The summed E-state index contributed by atoms with van der Waals surface area (Å²) in [7, 11) is -3.74. The molecule has 0 bridgehead atoms. The molecule has 1 fully saturated rings. The van der Waals surface area contributed by atoms with Crippen LogP contribution in [0.1, 0.15) is 32.3 Å². The van der Waals surface area contributed by atoms with Gasteiger partial charge in [0.05, 0.1) is 22.0 Å². The Kier molecular flexibility index (Phi) is 4.71. The van der Waals surface area contributed by atoms with Gasteiger partial charge in [0.15, 0.2) is 0 Å². The molecule has 0 spiro atoms. The van der Waals surface area contributed by atoms with E-state index in [2.05, 4.69) is 5.10 Å². The van der Waals surface area contributed by atoms with Crippen LogP contribution in [-0.4, -0.2) is 41.7 Å². The Morgan fingerprint density at radius 2 is 1.79 bits per heavy atom. The fourth-order valence-corrected chi connectivity index (χ4v) is 4.44. The van der Waals surface area contributed by atoms with Gasteiger partial charge >= 0.3 is 5.97 Å². The first-order chi connectivity index (χ1) is 13.7. The SMILES string of the molecule is CC(C)(C)C(=O)ON1CC(c2ccc3c(cnn3S(=O)(=O)c3ccccc3)c2)C1. The van der Waals surface area contributed by atoms with Gasteiger partial charge in [-0.3, -0.25) is 0 Å². The highest BCUT2D eigenvalue weighted by molar-refractivity contribution is 7.90. The number of aromatic nitrogens is 2. The molecule has 0 amide bonds. The van der Waals surface area contributed by atoms with Crippen LogP contribution in [0.2, 0.25) is 0 Å². The molecule has 7 nitrogen and oxygen atoms in total. The number of hydroxylamine groups is 2. The van der Waals surface area contributed by atoms with Crippen LogP contribution in [0.3, 0.4) is 0 Å². The molecule has 0 unspecified atom stereocenters. The molecule has 29 heavy (non-hydrogen) atoms. The lowest BCUT2D eigenvalue weighted by atomic mass is 9.92. The van der Waals surface area contributed by atoms with Crippen LogP contribution in [0.4, 0.5) is 0 Å². The smallest absolute Gasteiger partial charge is 0.330 e. The van der Waals surface area contributed by atoms with Crippen molar-refractivity contribution in [3.63, 3.8) is 0 Å². The first kappa shape index (κ1) is 19.6. The summed E-state index contributed by atoms with van der Waals surface area (Å²) in [5.74, 6) is -0.0277. The van der Waals surface area contributed by atoms with E-state index in [1.54, 1.807) is 47.7 Å². The number of hydrogen-bond acceptors (Lipinski definition) is 6. The summed E-state index contributed by atoms with van der Waals surface area (Å²) in [5.41, 5.74) is 1.06. The zero-order chi connectivity index (χ0) is 20.8. The van der Waals surface area contributed by atoms with Crippen molar-refractivity contribution in [3.8, 4) is 0 Å². The number of hydrogen-bond donors (Lipinski definition) is 0. The van der Waals surface area contributed by atoms with Gasteiger partial charge in [0, 0.05) is 24.4 Å². The second kappa shape index (κ2) is 6.96. The van der Waals surface area contributed by atoms with Crippen molar-refractivity contribution in [2.45, 2.75) is 31.6 Å². The predicted octanol–water partition coefficient (Wildman–Crippen LogP) is 3.18. The number of nitrogens with zero attached hydrogens (tertiary/aromatic N) is 3. The first-order valence-electron chi connectivity index (χ1n) is 9.42. The normalized spacial score (nSPS) is 16.0. The van der Waals surface area contributed by atoms with Crippen LogP contribution in [0.15, 0.2) is 59.6 Å². The number of fused-ring (bicyclic) bond motifs is 1. The Labute approximate surface area is 169 Å². The van der Waals surface area contributed by atoms with Crippen LogP contribution in [-0.2, 0) is 19.7 Å². The third-order valence-electron chi connectivity index (χ3n) is 4.97. The van der Waals surface area contributed by atoms with Crippen molar-refractivity contribution in [2.75, 3.05) is 13.1 Å². The molecule has 0 aliphatic carbocycles. The van der Waals surface area contributed by atoms with Crippen molar-refractivity contribution in [2.24, 2.45) is 5.41 Å². The fraction of sp³-hybridized carbons (Fsp3) is 0.333. The minimum atomic E-state index is -3.74. The molecule has 8 heteroatoms. The molecule has 2 heterocycles. The maximum absolute atomic E-state index is 12.9. The number of rotatable bonds is 4. The summed E-state index contributed by atoms with van der Waals surface area (Å²) in [4.78, 5) is 17.6. The molecule has 0 saturated carbocycles. The Bertz CT molecular complexity index is 1160. The minimum absolute atomic E-state index is 0.198. The summed E-state index contributed by atoms with van der Waals surface area (Å²) in [5, 5.41) is 6.53. The van der Waals surface area contributed by atoms with E-state index >= 15 is 0 Å². The van der Waals surface area contributed by atoms with Gasteiger partial charge in [0.1, 0.15) is 0 Å². The molecule has 1 aromatic heterocycles. The average molecular weight is 413 g/mol. The van der Waals surface area contributed by atoms with Gasteiger partial charge in [-0.25, -0.2) is 4.79 Å². The summed E-state index contributed by atoms with van der Waals surface area (Å²) in [6, 6.07) is 13.9. The maximum atomic E-state index is 12.9. The standard InChI is InChI=1S/C21H23N3O4S/c1-21(2,3)20(25)28-23-13-17(14-23)15-9-10-19-16(11-15)12-22-24(19)29(26,27)18-7-5-4-6-8-18/h4-12,17H,13-14H2,1-3H3. The second-order valence-electron chi connectivity index (χ2n) is 8.30. The highest BCUT2D eigenvalue weighted by atomic mass is 32.2. The molecular formula is C21H23N3O4S. The summed E-state index contributed by atoms with van der Waals surface area (Å²) in [6.45, 7) is 6.69. The van der Waals surface area contributed by atoms with E-state index < -0.39 is 15.4 Å². The van der Waals surface area contributed by atoms with Crippen LogP contribution in [0.5, 0.6) is 0 Å². The minimum Gasteiger partial charge on any atom is -0.367 e. The molecule has 0 atom stereocenters. The maximum Gasteiger partial charge on any atom is 0.330 e. The predicted molar refractivity (Wildman–Crippen MR) is 109 cm³/mol. The van der Waals surface area contributed by atoms with Crippen molar-refractivity contribution in [1.82, 2.24) is 14.2 Å². The third-order valence-corrected chi connectivity index (χ3v) is 6.59. The number of carbonyl (C=O) groups excluding carboxylic acids is 1. The van der Waals surface area contributed by atoms with Crippen molar-refractivity contribution in [3.05, 3.63) is 60.3 Å². The van der Waals surface area contributed by atoms with E-state index in [9.17, 15) is 13.2 Å². The van der Waals surface area contributed by atoms with E-state index in [0.29, 0.717) is 18.6 Å². The average Bonchev–Trinajstić information content (AvgIpc) is 3.08. The van der Waals surface area contributed by atoms with Crippen LogP contribution in [0.25, 0.3) is 10.9 Å².